The maximum absolute atomic E-state index is 8.86. The van der Waals surface area contributed by atoms with Gasteiger partial charge in [0.15, 0.2) is 0 Å². The second kappa shape index (κ2) is 4.90. The smallest absolute Gasteiger partial charge is 0.144 e. The molecule has 0 fully saturated rings. The fourth-order valence-electron chi connectivity index (χ4n) is 1.14. The van der Waals surface area contributed by atoms with Crippen molar-refractivity contribution >= 4 is 0 Å². The molecule has 0 atom stereocenters. The van der Waals surface area contributed by atoms with Crippen molar-refractivity contribution in [1.29, 1.82) is 5.26 Å². The van der Waals surface area contributed by atoms with E-state index in [1.807, 2.05) is 12.1 Å². The lowest BCUT2D eigenvalue weighted by atomic mass is 10.0. The van der Waals surface area contributed by atoms with E-state index in [9.17, 15) is 0 Å². The third-order valence-corrected chi connectivity index (χ3v) is 2.64. The predicted molar refractivity (Wildman–Crippen MR) is 60.2 cm³/mol. The van der Waals surface area contributed by atoms with Gasteiger partial charge in [-0.2, -0.15) is 5.26 Å². The summed E-state index contributed by atoms with van der Waals surface area (Å²) in [5.74, 6) is 0. The van der Waals surface area contributed by atoms with E-state index in [0.717, 1.165) is 12.0 Å². The Balaban J connectivity index is 2.70. The molecule has 3 nitrogen and oxygen atoms in total. The van der Waals surface area contributed by atoms with Gasteiger partial charge < -0.3 is 5.32 Å². The van der Waals surface area contributed by atoms with Crippen LogP contribution >= 0.6 is 0 Å². The second-order valence-electron chi connectivity index (χ2n) is 4.21. The Morgan fingerprint density at radius 1 is 1.53 bits per heavy atom. The van der Waals surface area contributed by atoms with E-state index >= 15 is 0 Å². The predicted octanol–water partition coefficient (Wildman–Crippen LogP) is 2.23. The number of pyridine rings is 1. The number of nitriles is 1. The molecule has 0 spiro atoms. The summed E-state index contributed by atoms with van der Waals surface area (Å²) in [5.41, 5.74) is 1.57. The minimum atomic E-state index is 0.0998. The van der Waals surface area contributed by atoms with Crippen molar-refractivity contribution in [3.63, 3.8) is 0 Å². The molecule has 1 N–H and O–H groups in total. The van der Waals surface area contributed by atoms with Crippen LogP contribution in [0.2, 0.25) is 0 Å². The minimum absolute atomic E-state index is 0.0998. The molecule has 0 bridgehead atoms. The zero-order valence-electron chi connectivity index (χ0n) is 9.54. The zero-order chi connectivity index (χ0) is 11.3. The van der Waals surface area contributed by atoms with Crippen molar-refractivity contribution in [1.82, 2.24) is 10.3 Å². The van der Waals surface area contributed by atoms with Gasteiger partial charge in [-0.25, -0.2) is 4.98 Å². The number of hydrogen-bond acceptors (Lipinski definition) is 3. The fraction of sp³-hybridized carbons (Fsp3) is 0.500. The third-order valence-electron chi connectivity index (χ3n) is 2.64. The summed E-state index contributed by atoms with van der Waals surface area (Å²) in [7, 11) is 0. The Hall–Kier alpha value is -1.40. The van der Waals surface area contributed by atoms with Crippen LogP contribution in [0.15, 0.2) is 18.3 Å². The van der Waals surface area contributed by atoms with Crippen LogP contribution in [0.1, 0.15) is 38.4 Å². The highest BCUT2D eigenvalue weighted by Gasteiger charge is 2.14. The van der Waals surface area contributed by atoms with Crippen LogP contribution < -0.4 is 5.32 Å². The van der Waals surface area contributed by atoms with Crippen LogP contribution in [0.5, 0.6) is 0 Å². The van der Waals surface area contributed by atoms with Crippen LogP contribution in [0.3, 0.4) is 0 Å². The Bertz CT molecular complexity index is 363. The van der Waals surface area contributed by atoms with Crippen LogP contribution in [0.25, 0.3) is 0 Å². The number of aromatic nitrogens is 1. The van der Waals surface area contributed by atoms with E-state index in [-0.39, 0.29) is 5.54 Å². The average Bonchev–Trinajstić information content (AvgIpc) is 2.27. The molecule has 80 valence electrons. The monoisotopic (exact) mass is 203 g/mol. The van der Waals surface area contributed by atoms with Gasteiger partial charge in [0, 0.05) is 23.8 Å². The normalized spacial score (nSPS) is 11.1. The van der Waals surface area contributed by atoms with Crippen LogP contribution in [-0.4, -0.2) is 10.5 Å². The number of nitrogens with zero attached hydrogens (tertiary/aromatic N) is 2. The van der Waals surface area contributed by atoms with Crippen molar-refractivity contribution in [2.75, 3.05) is 0 Å². The molecular weight excluding hydrogens is 186 g/mol. The molecule has 15 heavy (non-hydrogen) atoms. The largest absolute Gasteiger partial charge is 0.308 e. The first kappa shape index (κ1) is 11.7. The van der Waals surface area contributed by atoms with E-state index < -0.39 is 0 Å². The van der Waals surface area contributed by atoms with E-state index in [1.54, 1.807) is 6.20 Å². The lowest BCUT2D eigenvalue weighted by Crippen LogP contribution is -2.38. The van der Waals surface area contributed by atoms with E-state index in [0.29, 0.717) is 12.2 Å². The second-order valence-corrected chi connectivity index (χ2v) is 4.21. The average molecular weight is 203 g/mol. The summed E-state index contributed by atoms with van der Waals surface area (Å²) in [4.78, 5) is 4.02. The molecule has 0 aliphatic heterocycles. The van der Waals surface area contributed by atoms with Crippen molar-refractivity contribution in [3.05, 3.63) is 29.6 Å². The lowest BCUT2D eigenvalue weighted by Gasteiger charge is -2.24. The van der Waals surface area contributed by atoms with Crippen molar-refractivity contribution in [2.24, 2.45) is 0 Å². The maximum Gasteiger partial charge on any atom is 0.144 e. The topological polar surface area (TPSA) is 48.7 Å². The molecule has 1 heterocycles. The van der Waals surface area contributed by atoms with Gasteiger partial charge in [0.25, 0.3) is 0 Å². The van der Waals surface area contributed by atoms with E-state index in [4.69, 9.17) is 5.26 Å². The van der Waals surface area contributed by atoms with Gasteiger partial charge >= 0.3 is 0 Å². The molecule has 0 aliphatic carbocycles. The first-order valence-corrected chi connectivity index (χ1v) is 5.18. The first-order chi connectivity index (χ1) is 7.09. The molecule has 1 rings (SSSR count). The molecule has 0 aromatic carbocycles. The van der Waals surface area contributed by atoms with Gasteiger partial charge in [0.1, 0.15) is 11.8 Å². The Kier molecular flexibility index (Phi) is 3.81. The number of rotatable bonds is 4. The summed E-state index contributed by atoms with van der Waals surface area (Å²) in [6.07, 6.45) is 2.70. The SMILES string of the molecule is CCC(C)(C)NCc1cccnc1C#N. The molecule has 3 heteroatoms. The molecule has 0 amide bonds. The van der Waals surface area contributed by atoms with Gasteiger partial charge in [-0.1, -0.05) is 13.0 Å². The van der Waals surface area contributed by atoms with Crippen LogP contribution in [0.4, 0.5) is 0 Å². The number of nitrogens with one attached hydrogen (secondary N) is 1. The van der Waals surface area contributed by atoms with Crippen LogP contribution in [-0.2, 0) is 6.54 Å². The standard InChI is InChI=1S/C12H17N3/c1-4-12(2,3)15-9-10-6-5-7-14-11(10)8-13/h5-7,15H,4,9H2,1-3H3. The van der Waals surface area contributed by atoms with E-state index in [2.05, 4.69) is 37.1 Å². The van der Waals surface area contributed by atoms with Gasteiger partial charge in [-0.3, -0.25) is 0 Å². The highest BCUT2D eigenvalue weighted by atomic mass is 14.9. The Morgan fingerprint density at radius 2 is 2.27 bits per heavy atom. The molecule has 1 aromatic heterocycles. The first-order valence-electron chi connectivity index (χ1n) is 5.18. The Morgan fingerprint density at radius 3 is 2.87 bits per heavy atom. The summed E-state index contributed by atoms with van der Waals surface area (Å²) in [6, 6.07) is 5.89. The molecule has 0 saturated heterocycles. The maximum atomic E-state index is 8.86. The highest BCUT2D eigenvalue weighted by molar-refractivity contribution is 5.30. The van der Waals surface area contributed by atoms with E-state index in [1.165, 1.54) is 0 Å². The molecule has 0 unspecified atom stereocenters. The van der Waals surface area contributed by atoms with Gasteiger partial charge in [0.2, 0.25) is 0 Å². The number of hydrogen-bond donors (Lipinski definition) is 1. The van der Waals surface area contributed by atoms with Gasteiger partial charge in [-0.15, -0.1) is 0 Å². The molecule has 1 aromatic rings. The van der Waals surface area contributed by atoms with Gasteiger partial charge in [-0.05, 0) is 26.3 Å². The summed E-state index contributed by atoms with van der Waals surface area (Å²) >= 11 is 0. The highest BCUT2D eigenvalue weighted by Crippen LogP contribution is 2.10. The zero-order valence-corrected chi connectivity index (χ0v) is 9.54. The summed E-state index contributed by atoms with van der Waals surface area (Å²) in [5, 5.41) is 12.3. The molecule has 0 aliphatic rings. The fourth-order valence-corrected chi connectivity index (χ4v) is 1.14. The van der Waals surface area contributed by atoms with Gasteiger partial charge in [0.05, 0.1) is 0 Å². The minimum Gasteiger partial charge on any atom is -0.308 e. The molecule has 0 saturated carbocycles. The molecule has 0 radical (unpaired) electrons. The molecular formula is C12H17N3. The van der Waals surface area contributed by atoms with Crippen molar-refractivity contribution in [2.45, 2.75) is 39.3 Å². The third kappa shape index (κ3) is 3.34. The summed E-state index contributed by atoms with van der Waals surface area (Å²) < 4.78 is 0. The summed E-state index contributed by atoms with van der Waals surface area (Å²) in [6.45, 7) is 7.13. The Labute approximate surface area is 91.1 Å². The quantitative estimate of drug-likeness (QED) is 0.816. The van der Waals surface area contributed by atoms with Crippen molar-refractivity contribution in [3.8, 4) is 6.07 Å². The lowest BCUT2D eigenvalue weighted by molar-refractivity contribution is 0.374. The van der Waals surface area contributed by atoms with Crippen molar-refractivity contribution < 1.29 is 0 Å². The van der Waals surface area contributed by atoms with Crippen LogP contribution in [0, 0.1) is 11.3 Å².